The Bertz CT molecular complexity index is 984. The average molecular weight is 382 g/mol. The van der Waals surface area contributed by atoms with Gasteiger partial charge >= 0.3 is 0 Å². The Morgan fingerprint density at radius 2 is 2.11 bits per heavy atom. The number of nitrogens with zero attached hydrogens (tertiary/aromatic N) is 1. The number of carbonyl (C=O) groups is 1. The number of hydrogen-bond acceptors (Lipinski definition) is 4. The van der Waals surface area contributed by atoms with Gasteiger partial charge < -0.3 is 19.9 Å². The lowest BCUT2D eigenvalue weighted by Gasteiger charge is -2.44. The number of likely N-dealkylation sites (tertiary alicyclic amines) is 1. The molecule has 3 aromatic rings. The van der Waals surface area contributed by atoms with Gasteiger partial charge in [-0.3, -0.25) is 4.79 Å². The molecule has 0 saturated carbocycles. The number of nitrogens with one attached hydrogen (secondary N) is 2. The molecule has 1 saturated heterocycles. The zero-order chi connectivity index (χ0) is 18.4. The standard InChI is InChI=1S/C21H23N3O2S/c1-26-15-2-3-18-17(12-15)16-4-8-22-21(19(16)23-18)6-9-24(10-7-21)20(25)14-5-11-27-13-14/h2-3,5,11-13,22-23H,4,6-10H2,1H3. The van der Waals surface area contributed by atoms with Crippen LogP contribution in [0.3, 0.4) is 0 Å². The topological polar surface area (TPSA) is 57.4 Å². The van der Waals surface area contributed by atoms with Gasteiger partial charge in [0.2, 0.25) is 0 Å². The number of H-pyrrole nitrogens is 1. The van der Waals surface area contributed by atoms with E-state index in [0.29, 0.717) is 0 Å². The van der Waals surface area contributed by atoms with Crippen LogP contribution in [0.1, 0.15) is 34.5 Å². The fourth-order valence-corrected chi connectivity index (χ4v) is 5.25. The van der Waals surface area contributed by atoms with Crippen LogP contribution >= 0.6 is 11.3 Å². The number of benzene rings is 1. The number of carbonyl (C=O) groups excluding carboxylic acids is 1. The van der Waals surface area contributed by atoms with Crippen molar-refractivity contribution in [2.45, 2.75) is 24.8 Å². The molecule has 2 N–H and O–H groups in total. The molecular weight excluding hydrogens is 358 g/mol. The summed E-state index contributed by atoms with van der Waals surface area (Å²) in [7, 11) is 1.71. The summed E-state index contributed by atoms with van der Waals surface area (Å²) in [5.41, 5.74) is 4.62. The van der Waals surface area contributed by atoms with Crippen molar-refractivity contribution in [2.75, 3.05) is 26.7 Å². The summed E-state index contributed by atoms with van der Waals surface area (Å²) in [5, 5.41) is 8.95. The van der Waals surface area contributed by atoms with Crippen molar-refractivity contribution in [1.29, 1.82) is 0 Å². The number of rotatable bonds is 2. The van der Waals surface area contributed by atoms with Crippen LogP contribution in [0.4, 0.5) is 0 Å². The molecule has 0 radical (unpaired) electrons. The van der Waals surface area contributed by atoms with Crippen LogP contribution in [0.15, 0.2) is 35.0 Å². The Morgan fingerprint density at radius 1 is 1.26 bits per heavy atom. The molecular formula is C21H23N3O2S. The molecule has 0 aliphatic carbocycles. The van der Waals surface area contributed by atoms with Crippen LogP contribution in [0.25, 0.3) is 10.9 Å². The minimum atomic E-state index is -0.0642. The number of ether oxygens (including phenoxy) is 1. The summed E-state index contributed by atoms with van der Waals surface area (Å²) in [4.78, 5) is 18.4. The summed E-state index contributed by atoms with van der Waals surface area (Å²) in [6.45, 7) is 2.52. The van der Waals surface area contributed by atoms with Crippen LogP contribution in [0.2, 0.25) is 0 Å². The summed E-state index contributed by atoms with van der Waals surface area (Å²) < 4.78 is 5.42. The number of thiophene rings is 1. The van der Waals surface area contributed by atoms with E-state index in [2.05, 4.69) is 22.4 Å². The largest absolute Gasteiger partial charge is 0.497 e. The first-order chi connectivity index (χ1) is 13.2. The van der Waals surface area contributed by atoms with E-state index in [-0.39, 0.29) is 11.4 Å². The second-order valence-corrected chi connectivity index (χ2v) is 8.23. The van der Waals surface area contributed by atoms with Crippen molar-refractivity contribution in [3.8, 4) is 5.75 Å². The molecule has 1 fully saturated rings. The maximum absolute atomic E-state index is 12.7. The number of aromatic nitrogens is 1. The predicted octanol–water partition coefficient (Wildman–Crippen LogP) is 3.52. The molecule has 0 atom stereocenters. The summed E-state index contributed by atoms with van der Waals surface area (Å²) in [6.07, 6.45) is 2.88. The first-order valence-electron chi connectivity index (χ1n) is 9.46. The van der Waals surface area contributed by atoms with Gasteiger partial charge in [0.1, 0.15) is 5.75 Å². The van der Waals surface area contributed by atoms with Crippen LogP contribution < -0.4 is 10.1 Å². The van der Waals surface area contributed by atoms with Crippen molar-refractivity contribution in [3.05, 3.63) is 51.8 Å². The van der Waals surface area contributed by atoms with Gasteiger partial charge in [0.15, 0.2) is 0 Å². The lowest BCUT2D eigenvalue weighted by atomic mass is 9.79. The molecule has 5 nitrogen and oxygen atoms in total. The van der Waals surface area contributed by atoms with Gasteiger partial charge in [0, 0.05) is 41.6 Å². The SMILES string of the molecule is COc1ccc2[nH]c3c(c2c1)CCNC31CCN(C(=O)c2ccsc2)CC1. The highest BCUT2D eigenvalue weighted by Gasteiger charge is 2.42. The second-order valence-electron chi connectivity index (χ2n) is 7.45. The van der Waals surface area contributed by atoms with Gasteiger partial charge in [-0.2, -0.15) is 11.3 Å². The average Bonchev–Trinajstić information content (AvgIpc) is 3.37. The molecule has 5 rings (SSSR count). The number of piperidine rings is 1. The van der Waals surface area contributed by atoms with Crippen LogP contribution in [-0.4, -0.2) is 42.5 Å². The fourth-order valence-electron chi connectivity index (χ4n) is 4.62. The van der Waals surface area contributed by atoms with Crippen molar-refractivity contribution < 1.29 is 9.53 Å². The van der Waals surface area contributed by atoms with Gasteiger partial charge in [0.25, 0.3) is 5.91 Å². The summed E-state index contributed by atoms with van der Waals surface area (Å²) in [6, 6.07) is 8.17. The number of hydrogen-bond donors (Lipinski definition) is 2. The highest BCUT2D eigenvalue weighted by atomic mass is 32.1. The van der Waals surface area contributed by atoms with Crippen LogP contribution in [0, 0.1) is 0 Å². The van der Waals surface area contributed by atoms with E-state index < -0.39 is 0 Å². The highest BCUT2D eigenvalue weighted by Crippen LogP contribution is 2.41. The van der Waals surface area contributed by atoms with Gasteiger partial charge in [-0.1, -0.05) is 0 Å². The first-order valence-corrected chi connectivity index (χ1v) is 10.4. The zero-order valence-electron chi connectivity index (χ0n) is 15.4. The van der Waals surface area contributed by atoms with E-state index in [1.54, 1.807) is 18.4 Å². The molecule has 6 heteroatoms. The van der Waals surface area contributed by atoms with Crippen LogP contribution in [-0.2, 0) is 12.0 Å². The quantitative estimate of drug-likeness (QED) is 0.714. The van der Waals surface area contributed by atoms with Crippen molar-refractivity contribution in [3.63, 3.8) is 0 Å². The number of amides is 1. The second kappa shape index (κ2) is 6.39. The molecule has 4 heterocycles. The first kappa shape index (κ1) is 16.8. The normalized spacial score (nSPS) is 18.6. The van der Waals surface area contributed by atoms with E-state index in [0.717, 1.165) is 50.2 Å². The van der Waals surface area contributed by atoms with E-state index in [9.17, 15) is 4.79 Å². The highest BCUT2D eigenvalue weighted by molar-refractivity contribution is 7.08. The van der Waals surface area contributed by atoms with Crippen molar-refractivity contribution >= 4 is 28.1 Å². The molecule has 2 aliphatic rings. The van der Waals surface area contributed by atoms with Gasteiger partial charge in [-0.15, -0.1) is 0 Å². The number of aromatic amines is 1. The smallest absolute Gasteiger partial charge is 0.254 e. The third kappa shape index (κ3) is 2.66. The Morgan fingerprint density at radius 3 is 2.85 bits per heavy atom. The lowest BCUT2D eigenvalue weighted by Crippen LogP contribution is -2.55. The zero-order valence-corrected chi connectivity index (χ0v) is 16.2. The monoisotopic (exact) mass is 381 g/mol. The summed E-state index contributed by atoms with van der Waals surface area (Å²) >= 11 is 1.57. The predicted molar refractivity (Wildman–Crippen MR) is 108 cm³/mol. The molecule has 1 aromatic carbocycles. The molecule has 27 heavy (non-hydrogen) atoms. The van der Waals surface area contributed by atoms with Gasteiger partial charge in [0.05, 0.1) is 18.2 Å². The van der Waals surface area contributed by atoms with Gasteiger partial charge in [-0.05, 0) is 54.5 Å². The molecule has 140 valence electrons. The molecule has 0 bridgehead atoms. The van der Waals surface area contributed by atoms with E-state index >= 15 is 0 Å². The van der Waals surface area contributed by atoms with Crippen molar-refractivity contribution in [2.24, 2.45) is 0 Å². The van der Waals surface area contributed by atoms with Crippen LogP contribution in [0.5, 0.6) is 5.75 Å². The molecule has 1 spiro atoms. The lowest BCUT2D eigenvalue weighted by molar-refractivity contribution is 0.0627. The molecule has 1 amide bonds. The Labute approximate surface area is 162 Å². The Hall–Kier alpha value is -2.31. The maximum atomic E-state index is 12.7. The van der Waals surface area contributed by atoms with E-state index in [4.69, 9.17) is 4.74 Å². The Balaban J connectivity index is 1.45. The Kier molecular flexibility index (Phi) is 3.98. The number of methoxy groups -OCH3 is 1. The maximum Gasteiger partial charge on any atom is 0.254 e. The minimum absolute atomic E-state index is 0.0642. The third-order valence-corrected chi connectivity index (χ3v) is 6.79. The number of fused-ring (bicyclic) bond motifs is 4. The minimum Gasteiger partial charge on any atom is -0.497 e. The third-order valence-electron chi connectivity index (χ3n) is 6.10. The molecule has 2 aromatic heterocycles. The summed E-state index contributed by atoms with van der Waals surface area (Å²) in [5.74, 6) is 1.05. The fraction of sp³-hybridized carbons (Fsp3) is 0.381. The van der Waals surface area contributed by atoms with E-state index in [1.807, 2.05) is 27.8 Å². The molecule has 0 unspecified atom stereocenters. The van der Waals surface area contributed by atoms with Gasteiger partial charge in [-0.25, -0.2) is 0 Å². The van der Waals surface area contributed by atoms with E-state index in [1.165, 1.54) is 22.2 Å². The molecule has 2 aliphatic heterocycles. The van der Waals surface area contributed by atoms with Crippen molar-refractivity contribution in [1.82, 2.24) is 15.2 Å².